The number of nitrogens with zero attached hydrogens (tertiary/aromatic N) is 2. The molecular formula is C16H18N4O. The van der Waals surface area contributed by atoms with E-state index in [9.17, 15) is 0 Å². The average Bonchev–Trinajstić information content (AvgIpc) is 2.49. The van der Waals surface area contributed by atoms with Crippen LogP contribution in [0.1, 0.15) is 25.8 Å². The number of nitriles is 1. The van der Waals surface area contributed by atoms with Crippen molar-refractivity contribution >= 4 is 17.2 Å². The molecule has 5 nitrogen and oxygen atoms in total. The summed E-state index contributed by atoms with van der Waals surface area (Å²) >= 11 is 0. The van der Waals surface area contributed by atoms with Crippen LogP contribution in [0.25, 0.3) is 0 Å². The van der Waals surface area contributed by atoms with E-state index in [-0.39, 0.29) is 6.10 Å². The Balaban J connectivity index is 2.21. The summed E-state index contributed by atoms with van der Waals surface area (Å²) in [6.45, 7) is 4.10. The number of aromatic nitrogens is 1. The molecule has 0 aliphatic rings. The van der Waals surface area contributed by atoms with Crippen LogP contribution in [0.4, 0.5) is 17.2 Å². The molecule has 3 N–H and O–H groups in total. The fraction of sp³-hybridized carbons (Fsp3) is 0.250. The fourth-order valence-corrected chi connectivity index (χ4v) is 1.77. The van der Waals surface area contributed by atoms with Gasteiger partial charge >= 0.3 is 0 Å². The summed E-state index contributed by atoms with van der Waals surface area (Å²) in [4.78, 5) is 4.16. The van der Waals surface area contributed by atoms with Crippen molar-refractivity contribution in [2.24, 2.45) is 0 Å². The van der Waals surface area contributed by atoms with E-state index < -0.39 is 0 Å². The fourth-order valence-electron chi connectivity index (χ4n) is 1.77. The molecule has 1 aromatic heterocycles. The van der Waals surface area contributed by atoms with Gasteiger partial charge in [0, 0.05) is 18.0 Å². The normalized spacial score (nSPS) is 11.5. The second-order valence-electron chi connectivity index (χ2n) is 4.72. The van der Waals surface area contributed by atoms with E-state index in [1.165, 1.54) is 0 Å². The van der Waals surface area contributed by atoms with E-state index in [0.29, 0.717) is 17.1 Å². The smallest absolute Gasteiger partial charge is 0.154 e. The van der Waals surface area contributed by atoms with Crippen LogP contribution in [-0.4, -0.2) is 11.1 Å². The van der Waals surface area contributed by atoms with E-state index in [4.69, 9.17) is 15.7 Å². The summed E-state index contributed by atoms with van der Waals surface area (Å²) in [5.41, 5.74) is 7.46. The highest BCUT2D eigenvalue weighted by Crippen LogP contribution is 2.26. The highest BCUT2D eigenvalue weighted by Gasteiger charge is 2.07. The lowest BCUT2D eigenvalue weighted by atomic mass is 10.2. The topological polar surface area (TPSA) is 84.0 Å². The second kappa shape index (κ2) is 6.62. The lowest BCUT2D eigenvalue weighted by molar-refractivity contribution is 0.217. The predicted molar refractivity (Wildman–Crippen MR) is 83.5 cm³/mol. The Morgan fingerprint density at radius 3 is 2.95 bits per heavy atom. The number of pyridine rings is 1. The van der Waals surface area contributed by atoms with E-state index in [0.717, 1.165) is 17.9 Å². The zero-order chi connectivity index (χ0) is 15.2. The largest absolute Gasteiger partial charge is 0.491 e. The quantitative estimate of drug-likeness (QED) is 0.877. The third kappa shape index (κ3) is 3.63. The third-order valence-corrected chi connectivity index (χ3v) is 3.12. The first-order valence-corrected chi connectivity index (χ1v) is 6.82. The van der Waals surface area contributed by atoms with Crippen LogP contribution >= 0.6 is 0 Å². The molecule has 0 fully saturated rings. The molecule has 0 radical (unpaired) electrons. The van der Waals surface area contributed by atoms with Crippen LogP contribution in [0, 0.1) is 11.3 Å². The van der Waals surface area contributed by atoms with Crippen molar-refractivity contribution in [2.75, 3.05) is 11.1 Å². The van der Waals surface area contributed by atoms with Gasteiger partial charge in [-0.3, -0.25) is 0 Å². The number of benzene rings is 1. The van der Waals surface area contributed by atoms with Crippen LogP contribution < -0.4 is 15.8 Å². The molecule has 0 aliphatic carbocycles. The zero-order valence-electron chi connectivity index (χ0n) is 12.1. The summed E-state index contributed by atoms with van der Waals surface area (Å²) in [7, 11) is 0. The Morgan fingerprint density at radius 2 is 2.24 bits per heavy atom. The van der Waals surface area contributed by atoms with Gasteiger partial charge in [0.2, 0.25) is 0 Å². The summed E-state index contributed by atoms with van der Waals surface area (Å²) in [6.07, 6.45) is 2.65. The molecule has 1 heterocycles. The summed E-state index contributed by atoms with van der Waals surface area (Å²) < 4.78 is 5.77. The number of hydrogen-bond acceptors (Lipinski definition) is 5. The molecule has 21 heavy (non-hydrogen) atoms. The molecule has 0 saturated carbocycles. The first-order valence-electron chi connectivity index (χ1n) is 6.82. The van der Waals surface area contributed by atoms with E-state index in [1.54, 1.807) is 12.3 Å². The standard InChI is InChI=1S/C16H18N4O/c1-3-11(2)21-14-6-4-5-13(9-14)20-16-15(18)12(10-17)7-8-19-16/h4-9,11H,3,18H2,1-2H3,(H,19,20). The van der Waals surface area contributed by atoms with Crippen LogP contribution in [0.2, 0.25) is 0 Å². The summed E-state index contributed by atoms with van der Waals surface area (Å²) in [5.74, 6) is 1.25. The molecule has 2 rings (SSSR count). The third-order valence-electron chi connectivity index (χ3n) is 3.12. The minimum atomic E-state index is 0.158. The van der Waals surface area contributed by atoms with E-state index >= 15 is 0 Å². The molecule has 0 amide bonds. The molecule has 0 saturated heterocycles. The number of nitrogens with two attached hydrogens (primary N) is 1. The minimum Gasteiger partial charge on any atom is -0.491 e. The molecule has 0 aliphatic heterocycles. The molecule has 0 bridgehead atoms. The van der Waals surface area contributed by atoms with Crippen molar-refractivity contribution in [3.05, 3.63) is 42.1 Å². The van der Waals surface area contributed by atoms with Gasteiger partial charge in [-0.25, -0.2) is 4.98 Å². The first-order chi connectivity index (χ1) is 10.1. The van der Waals surface area contributed by atoms with Gasteiger partial charge in [-0.15, -0.1) is 0 Å². The minimum absolute atomic E-state index is 0.158. The molecule has 0 spiro atoms. The van der Waals surface area contributed by atoms with Gasteiger partial charge in [0.05, 0.1) is 17.4 Å². The van der Waals surface area contributed by atoms with Gasteiger partial charge < -0.3 is 15.8 Å². The maximum absolute atomic E-state index is 8.97. The van der Waals surface area contributed by atoms with Crippen LogP contribution in [0.3, 0.4) is 0 Å². The number of nitrogen functional groups attached to an aromatic ring is 1. The maximum atomic E-state index is 8.97. The molecule has 1 aromatic carbocycles. The highest BCUT2D eigenvalue weighted by molar-refractivity contribution is 5.73. The summed E-state index contributed by atoms with van der Waals surface area (Å²) in [5, 5.41) is 12.1. The first kappa shape index (κ1) is 14.7. The van der Waals surface area contributed by atoms with Crippen LogP contribution in [-0.2, 0) is 0 Å². The molecule has 2 aromatic rings. The van der Waals surface area contributed by atoms with Crippen molar-refractivity contribution in [3.63, 3.8) is 0 Å². The van der Waals surface area contributed by atoms with Gasteiger partial charge in [-0.05, 0) is 31.5 Å². The lowest BCUT2D eigenvalue weighted by Gasteiger charge is -2.14. The maximum Gasteiger partial charge on any atom is 0.154 e. The molecular weight excluding hydrogens is 264 g/mol. The van der Waals surface area contributed by atoms with Crippen molar-refractivity contribution in [3.8, 4) is 11.8 Å². The van der Waals surface area contributed by atoms with Gasteiger partial charge in [0.15, 0.2) is 5.82 Å². The zero-order valence-corrected chi connectivity index (χ0v) is 12.1. The van der Waals surface area contributed by atoms with Gasteiger partial charge in [0.1, 0.15) is 11.8 Å². The Bertz CT molecular complexity index is 664. The molecule has 1 unspecified atom stereocenters. The Labute approximate surface area is 124 Å². The van der Waals surface area contributed by atoms with Crippen molar-refractivity contribution in [1.82, 2.24) is 4.98 Å². The number of rotatable bonds is 5. The second-order valence-corrected chi connectivity index (χ2v) is 4.72. The van der Waals surface area contributed by atoms with E-state index in [2.05, 4.69) is 17.2 Å². The number of ether oxygens (including phenoxy) is 1. The van der Waals surface area contributed by atoms with Gasteiger partial charge in [0.25, 0.3) is 0 Å². The van der Waals surface area contributed by atoms with Crippen LogP contribution in [0.15, 0.2) is 36.5 Å². The monoisotopic (exact) mass is 282 g/mol. The lowest BCUT2D eigenvalue weighted by Crippen LogP contribution is -2.09. The number of hydrogen-bond donors (Lipinski definition) is 2. The molecule has 1 atom stereocenters. The Morgan fingerprint density at radius 1 is 1.43 bits per heavy atom. The number of anilines is 3. The van der Waals surface area contributed by atoms with Crippen LogP contribution in [0.5, 0.6) is 5.75 Å². The SMILES string of the molecule is CCC(C)Oc1cccc(Nc2nccc(C#N)c2N)c1. The Kier molecular flexibility index (Phi) is 4.62. The van der Waals surface area contributed by atoms with Crippen molar-refractivity contribution in [2.45, 2.75) is 26.4 Å². The van der Waals surface area contributed by atoms with E-state index in [1.807, 2.05) is 37.3 Å². The van der Waals surface area contributed by atoms with Gasteiger partial charge in [-0.2, -0.15) is 5.26 Å². The predicted octanol–water partition coefficient (Wildman–Crippen LogP) is 3.46. The number of nitrogens with one attached hydrogen (secondary N) is 1. The average molecular weight is 282 g/mol. The van der Waals surface area contributed by atoms with Crippen molar-refractivity contribution < 1.29 is 4.74 Å². The van der Waals surface area contributed by atoms with Crippen molar-refractivity contribution in [1.29, 1.82) is 5.26 Å². The molecule has 5 heteroatoms. The highest BCUT2D eigenvalue weighted by atomic mass is 16.5. The van der Waals surface area contributed by atoms with Gasteiger partial charge in [-0.1, -0.05) is 13.0 Å². The Hall–Kier alpha value is -2.74. The summed E-state index contributed by atoms with van der Waals surface area (Å²) in [6, 6.07) is 11.2. The molecule has 108 valence electrons.